The van der Waals surface area contributed by atoms with Crippen LogP contribution >= 0.6 is 0 Å². The van der Waals surface area contributed by atoms with Crippen LogP contribution in [0.5, 0.6) is 0 Å². The van der Waals surface area contributed by atoms with Gasteiger partial charge in [-0.25, -0.2) is 0 Å². The van der Waals surface area contributed by atoms with Crippen molar-refractivity contribution in [3.05, 3.63) is 12.2 Å². The molecule has 0 unspecified atom stereocenters. The monoisotopic (exact) mass is 251 g/mol. The number of aryl methyl sites for hydroxylation is 1. The molecule has 1 heterocycles. The zero-order valence-corrected chi connectivity index (χ0v) is 11.1. The summed E-state index contributed by atoms with van der Waals surface area (Å²) in [6.07, 6.45) is 4.81. The van der Waals surface area contributed by atoms with Crippen LogP contribution in [-0.4, -0.2) is 51.2 Å². The Labute approximate surface area is 107 Å². The van der Waals surface area contributed by atoms with Gasteiger partial charge < -0.3 is 14.8 Å². The molecule has 6 nitrogen and oxygen atoms in total. The maximum Gasteiger partial charge on any atom is 0.236 e. The molecule has 0 saturated heterocycles. The molecular formula is C12H21N5O. The van der Waals surface area contributed by atoms with E-state index in [0.29, 0.717) is 12.6 Å². The molecule has 1 aromatic heterocycles. The first kappa shape index (κ1) is 13.0. The molecule has 6 heteroatoms. The van der Waals surface area contributed by atoms with Crippen LogP contribution in [0.4, 0.5) is 0 Å². The fourth-order valence-corrected chi connectivity index (χ4v) is 2.05. The van der Waals surface area contributed by atoms with Gasteiger partial charge in [-0.05, 0) is 19.8 Å². The van der Waals surface area contributed by atoms with Crippen molar-refractivity contribution in [3.8, 4) is 0 Å². The molecule has 1 aliphatic carbocycles. The van der Waals surface area contributed by atoms with Crippen LogP contribution in [0.2, 0.25) is 0 Å². The number of carbonyl (C=O) groups excluding carboxylic acids is 1. The van der Waals surface area contributed by atoms with Gasteiger partial charge in [-0.2, -0.15) is 0 Å². The van der Waals surface area contributed by atoms with E-state index in [2.05, 4.69) is 15.5 Å². The molecule has 0 atom stereocenters. The SMILES string of the molecule is CCN(C(=O)CNCCc1nncn1C)C1CC1. The number of hydrogen-bond acceptors (Lipinski definition) is 4. The summed E-state index contributed by atoms with van der Waals surface area (Å²) in [4.78, 5) is 13.9. The summed E-state index contributed by atoms with van der Waals surface area (Å²) in [5.74, 6) is 1.14. The van der Waals surface area contributed by atoms with Gasteiger partial charge in [-0.15, -0.1) is 10.2 Å². The number of nitrogens with one attached hydrogen (secondary N) is 1. The molecule has 1 fully saturated rings. The minimum absolute atomic E-state index is 0.206. The molecule has 1 aliphatic rings. The fraction of sp³-hybridized carbons (Fsp3) is 0.750. The van der Waals surface area contributed by atoms with Crippen LogP contribution < -0.4 is 5.32 Å². The van der Waals surface area contributed by atoms with E-state index in [0.717, 1.165) is 25.3 Å². The molecule has 1 aromatic rings. The van der Waals surface area contributed by atoms with E-state index in [4.69, 9.17) is 0 Å². The third-order valence-corrected chi connectivity index (χ3v) is 3.26. The third-order valence-electron chi connectivity index (χ3n) is 3.26. The average Bonchev–Trinajstić information content (AvgIpc) is 3.10. The molecule has 18 heavy (non-hydrogen) atoms. The van der Waals surface area contributed by atoms with Crippen molar-refractivity contribution in [3.63, 3.8) is 0 Å². The van der Waals surface area contributed by atoms with Crippen LogP contribution in [0.3, 0.4) is 0 Å². The second-order valence-corrected chi connectivity index (χ2v) is 4.70. The Morgan fingerprint density at radius 2 is 2.39 bits per heavy atom. The van der Waals surface area contributed by atoms with E-state index in [1.807, 2.05) is 23.4 Å². The second kappa shape index (κ2) is 5.95. The number of amides is 1. The Kier molecular flexibility index (Phi) is 4.30. The molecule has 0 aromatic carbocycles. The first-order chi connectivity index (χ1) is 8.72. The lowest BCUT2D eigenvalue weighted by molar-refractivity contribution is -0.130. The minimum Gasteiger partial charge on any atom is -0.339 e. The number of aromatic nitrogens is 3. The van der Waals surface area contributed by atoms with Gasteiger partial charge in [-0.1, -0.05) is 0 Å². The zero-order valence-electron chi connectivity index (χ0n) is 11.1. The van der Waals surface area contributed by atoms with Crippen molar-refractivity contribution in [2.24, 2.45) is 7.05 Å². The number of carbonyl (C=O) groups is 1. The predicted molar refractivity (Wildman–Crippen MR) is 68.0 cm³/mol. The van der Waals surface area contributed by atoms with Crippen molar-refractivity contribution in [2.45, 2.75) is 32.2 Å². The van der Waals surface area contributed by atoms with Crippen molar-refractivity contribution >= 4 is 5.91 Å². The largest absolute Gasteiger partial charge is 0.339 e. The van der Waals surface area contributed by atoms with Crippen LogP contribution in [-0.2, 0) is 18.3 Å². The molecule has 1 amide bonds. The van der Waals surface area contributed by atoms with E-state index >= 15 is 0 Å². The van der Waals surface area contributed by atoms with Crippen LogP contribution in [0, 0.1) is 0 Å². The summed E-state index contributed by atoms with van der Waals surface area (Å²) in [6, 6.07) is 0.503. The molecule has 2 rings (SSSR count). The standard InChI is InChI=1S/C12H21N5O/c1-3-17(10-4-5-10)12(18)8-13-7-6-11-15-14-9-16(11)2/h9-10,13H,3-8H2,1-2H3. The van der Waals surface area contributed by atoms with Crippen LogP contribution in [0.25, 0.3) is 0 Å². The fourth-order valence-electron chi connectivity index (χ4n) is 2.05. The van der Waals surface area contributed by atoms with Gasteiger partial charge in [0, 0.05) is 32.6 Å². The summed E-state index contributed by atoms with van der Waals surface area (Å²) < 4.78 is 1.89. The Morgan fingerprint density at radius 3 is 2.94 bits per heavy atom. The highest BCUT2D eigenvalue weighted by molar-refractivity contribution is 5.78. The summed E-state index contributed by atoms with van der Waals surface area (Å²) in [7, 11) is 1.92. The number of hydrogen-bond donors (Lipinski definition) is 1. The topological polar surface area (TPSA) is 63.1 Å². The van der Waals surface area contributed by atoms with Crippen molar-refractivity contribution in [1.82, 2.24) is 25.0 Å². The normalized spacial score (nSPS) is 14.8. The van der Waals surface area contributed by atoms with Gasteiger partial charge in [0.25, 0.3) is 0 Å². The maximum absolute atomic E-state index is 11.9. The van der Waals surface area contributed by atoms with Gasteiger partial charge in [-0.3, -0.25) is 4.79 Å². The zero-order chi connectivity index (χ0) is 13.0. The van der Waals surface area contributed by atoms with E-state index in [1.54, 1.807) is 6.33 Å². The Balaban J connectivity index is 1.65. The van der Waals surface area contributed by atoms with Crippen LogP contribution in [0.1, 0.15) is 25.6 Å². The van der Waals surface area contributed by atoms with E-state index < -0.39 is 0 Å². The lowest BCUT2D eigenvalue weighted by atomic mass is 10.3. The molecule has 1 N–H and O–H groups in total. The van der Waals surface area contributed by atoms with Gasteiger partial charge in [0.2, 0.25) is 5.91 Å². The van der Waals surface area contributed by atoms with Gasteiger partial charge >= 0.3 is 0 Å². The summed E-state index contributed by atoms with van der Waals surface area (Å²) >= 11 is 0. The molecule has 0 radical (unpaired) electrons. The van der Waals surface area contributed by atoms with E-state index in [-0.39, 0.29) is 5.91 Å². The lowest BCUT2D eigenvalue weighted by Gasteiger charge is -2.20. The van der Waals surface area contributed by atoms with E-state index in [1.165, 1.54) is 12.8 Å². The van der Waals surface area contributed by atoms with Gasteiger partial charge in [0.15, 0.2) is 0 Å². The number of likely N-dealkylation sites (N-methyl/N-ethyl adjacent to an activating group) is 1. The summed E-state index contributed by atoms with van der Waals surface area (Å²) in [6.45, 7) is 4.02. The van der Waals surface area contributed by atoms with E-state index in [9.17, 15) is 4.79 Å². The predicted octanol–water partition coefficient (Wildman–Crippen LogP) is -0.0419. The minimum atomic E-state index is 0.206. The van der Waals surface area contributed by atoms with Gasteiger partial charge in [0.1, 0.15) is 12.2 Å². The van der Waals surface area contributed by atoms with Crippen LogP contribution in [0.15, 0.2) is 6.33 Å². The first-order valence-electron chi connectivity index (χ1n) is 6.55. The third kappa shape index (κ3) is 3.29. The molecular weight excluding hydrogens is 230 g/mol. The highest BCUT2D eigenvalue weighted by Gasteiger charge is 2.30. The smallest absolute Gasteiger partial charge is 0.236 e. The Morgan fingerprint density at radius 1 is 1.61 bits per heavy atom. The highest BCUT2D eigenvalue weighted by Crippen LogP contribution is 2.26. The first-order valence-corrected chi connectivity index (χ1v) is 6.55. The average molecular weight is 251 g/mol. The summed E-state index contributed by atoms with van der Waals surface area (Å²) in [5.41, 5.74) is 0. The van der Waals surface area contributed by atoms with Crippen molar-refractivity contribution in [1.29, 1.82) is 0 Å². The summed E-state index contributed by atoms with van der Waals surface area (Å²) in [5, 5.41) is 11.0. The highest BCUT2D eigenvalue weighted by atomic mass is 16.2. The van der Waals surface area contributed by atoms with Crippen molar-refractivity contribution in [2.75, 3.05) is 19.6 Å². The molecule has 0 bridgehead atoms. The number of rotatable bonds is 7. The molecule has 100 valence electrons. The van der Waals surface area contributed by atoms with Crippen molar-refractivity contribution < 1.29 is 4.79 Å². The maximum atomic E-state index is 11.9. The molecule has 0 spiro atoms. The quantitative estimate of drug-likeness (QED) is 0.691. The Bertz CT molecular complexity index is 399. The van der Waals surface area contributed by atoms with Gasteiger partial charge in [0.05, 0.1) is 6.54 Å². The molecule has 0 aliphatic heterocycles. The molecule has 1 saturated carbocycles. The lowest BCUT2D eigenvalue weighted by Crippen LogP contribution is -2.40. The number of nitrogens with zero attached hydrogens (tertiary/aromatic N) is 4. The second-order valence-electron chi connectivity index (χ2n) is 4.70. The Hall–Kier alpha value is -1.43.